The first-order chi connectivity index (χ1) is 5.29. The molecule has 11 heavy (non-hydrogen) atoms. The number of nitrogens with one attached hydrogen (secondary N) is 2. The number of rotatable bonds is 3. The third kappa shape index (κ3) is 3.89. The van der Waals surface area contributed by atoms with Gasteiger partial charge in [-0.05, 0) is 25.9 Å². The van der Waals surface area contributed by atoms with E-state index in [1.54, 1.807) is 0 Å². The van der Waals surface area contributed by atoms with Crippen LogP contribution < -0.4 is 10.6 Å². The van der Waals surface area contributed by atoms with Gasteiger partial charge in [-0.1, -0.05) is 22.5 Å². The molecular weight excluding hydrogens is 204 g/mol. The van der Waals surface area contributed by atoms with Gasteiger partial charge in [0.05, 0.1) is 0 Å². The minimum absolute atomic E-state index is 0.686. The molecule has 0 bridgehead atoms. The standard InChI is InChI=1S/C8H15BrN2/c1-7(9)6-11-8-2-4-10-5-3-8/h8,10-11H,1-6H2. The van der Waals surface area contributed by atoms with E-state index in [1.807, 2.05) is 0 Å². The molecule has 0 aromatic heterocycles. The van der Waals surface area contributed by atoms with Gasteiger partial charge in [0.2, 0.25) is 0 Å². The van der Waals surface area contributed by atoms with Crippen molar-refractivity contribution in [2.75, 3.05) is 19.6 Å². The van der Waals surface area contributed by atoms with Crippen LogP contribution in [0.1, 0.15) is 12.8 Å². The topological polar surface area (TPSA) is 24.1 Å². The molecule has 3 heteroatoms. The largest absolute Gasteiger partial charge is 0.317 e. The number of hydrogen-bond donors (Lipinski definition) is 2. The van der Waals surface area contributed by atoms with E-state index >= 15 is 0 Å². The van der Waals surface area contributed by atoms with Gasteiger partial charge in [0, 0.05) is 17.1 Å². The molecule has 64 valence electrons. The molecular formula is C8H15BrN2. The lowest BCUT2D eigenvalue weighted by molar-refractivity contribution is 0.399. The normalized spacial score (nSPS) is 20.1. The third-order valence-corrected chi connectivity index (χ3v) is 2.20. The maximum absolute atomic E-state index is 3.78. The SMILES string of the molecule is C=C(Br)CNC1CCNCC1. The summed E-state index contributed by atoms with van der Waals surface area (Å²) in [5.41, 5.74) is 0. The fourth-order valence-corrected chi connectivity index (χ4v) is 1.44. The Morgan fingerprint density at radius 2 is 2.18 bits per heavy atom. The summed E-state index contributed by atoms with van der Waals surface area (Å²) in [5, 5.41) is 6.76. The van der Waals surface area contributed by atoms with E-state index in [2.05, 4.69) is 33.1 Å². The van der Waals surface area contributed by atoms with Crippen LogP contribution in [-0.2, 0) is 0 Å². The lowest BCUT2D eigenvalue weighted by atomic mass is 10.1. The highest BCUT2D eigenvalue weighted by atomic mass is 79.9. The summed E-state index contributed by atoms with van der Waals surface area (Å²) in [7, 11) is 0. The summed E-state index contributed by atoms with van der Waals surface area (Å²) in [6.07, 6.45) is 2.47. The van der Waals surface area contributed by atoms with Crippen LogP contribution in [0, 0.1) is 0 Å². The zero-order valence-corrected chi connectivity index (χ0v) is 8.28. The molecule has 0 atom stereocenters. The van der Waals surface area contributed by atoms with Crippen LogP contribution in [0.5, 0.6) is 0 Å². The van der Waals surface area contributed by atoms with Crippen molar-refractivity contribution in [2.45, 2.75) is 18.9 Å². The summed E-state index contributed by atoms with van der Waals surface area (Å²) in [6.45, 7) is 6.96. The molecule has 1 aliphatic heterocycles. The van der Waals surface area contributed by atoms with E-state index in [0.29, 0.717) is 6.04 Å². The van der Waals surface area contributed by atoms with Crippen LogP contribution >= 0.6 is 15.9 Å². The van der Waals surface area contributed by atoms with Crippen molar-refractivity contribution in [1.29, 1.82) is 0 Å². The molecule has 0 aromatic carbocycles. The van der Waals surface area contributed by atoms with Gasteiger partial charge in [-0.15, -0.1) is 0 Å². The molecule has 0 aromatic rings. The molecule has 0 amide bonds. The number of piperidine rings is 1. The van der Waals surface area contributed by atoms with Gasteiger partial charge in [0.25, 0.3) is 0 Å². The molecule has 2 nitrogen and oxygen atoms in total. The van der Waals surface area contributed by atoms with Gasteiger partial charge in [0.1, 0.15) is 0 Å². The van der Waals surface area contributed by atoms with Crippen molar-refractivity contribution >= 4 is 15.9 Å². The zero-order valence-electron chi connectivity index (χ0n) is 6.70. The van der Waals surface area contributed by atoms with Crippen molar-refractivity contribution < 1.29 is 0 Å². The van der Waals surface area contributed by atoms with Gasteiger partial charge in [-0.3, -0.25) is 0 Å². The Morgan fingerprint density at radius 1 is 1.55 bits per heavy atom. The smallest absolute Gasteiger partial charge is 0.0268 e. The lowest BCUT2D eigenvalue weighted by Crippen LogP contribution is -2.40. The molecule has 2 N–H and O–H groups in total. The number of halogens is 1. The Kier molecular flexibility index (Phi) is 4.12. The first-order valence-electron chi connectivity index (χ1n) is 4.06. The Balaban J connectivity index is 2.09. The van der Waals surface area contributed by atoms with Crippen molar-refractivity contribution in [1.82, 2.24) is 10.6 Å². The average Bonchev–Trinajstić information content (AvgIpc) is 2.03. The Labute approximate surface area is 76.6 Å². The molecule has 1 fully saturated rings. The zero-order chi connectivity index (χ0) is 8.10. The van der Waals surface area contributed by atoms with Crippen molar-refractivity contribution in [3.8, 4) is 0 Å². The van der Waals surface area contributed by atoms with Crippen LogP contribution in [0.4, 0.5) is 0 Å². The van der Waals surface area contributed by atoms with Crippen LogP contribution in [0.15, 0.2) is 11.1 Å². The fraction of sp³-hybridized carbons (Fsp3) is 0.750. The maximum atomic E-state index is 3.78. The molecule has 0 radical (unpaired) electrons. The molecule has 1 rings (SSSR count). The van der Waals surface area contributed by atoms with Crippen LogP contribution in [-0.4, -0.2) is 25.7 Å². The van der Waals surface area contributed by atoms with E-state index in [9.17, 15) is 0 Å². The van der Waals surface area contributed by atoms with E-state index < -0.39 is 0 Å². The minimum atomic E-state index is 0.686. The van der Waals surface area contributed by atoms with E-state index in [4.69, 9.17) is 0 Å². The van der Waals surface area contributed by atoms with Crippen molar-refractivity contribution in [3.63, 3.8) is 0 Å². The predicted molar refractivity (Wildman–Crippen MR) is 52.0 cm³/mol. The molecule has 0 unspecified atom stereocenters. The molecule has 0 saturated carbocycles. The Hall–Kier alpha value is 0.140. The van der Waals surface area contributed by atoms with E-state index in [-0.39, 0.29) is 0 Å². The van der Waals surface area contributed by atoms with Gasteiger partial charge < -0.3 is 10.6 Å². The Bertz CT molecular complexity index is 130. The predicted octanol–water partition coefficient (Wildman–Crippen LogP) is 1.24. The summed E-state index contributed by atoms with van der Waals surface area (Å²) < 4.78 is 1.04. The van der Waals surface area contributed by atoms with Gasteiger partial charge in [-0.2, -0.15) is 0 Å². The molecule has 1 saturated heterocycles. The quantitative estimate of drug-likeness (QED) is 0.746. The molecule has 0 spiro atoms. The summed E-state index contributed by atoms with van der Waals surface area (Å²) in [6, 6.07) is 0.686. The van der Waals surface area contributed by atoms with Gasteiger partial charge >= 0.3 is 0 Å². The summed E-state index contributed by atoms with van der Waals surface area (Å²) in [4.78, 5) is 0. The highest BCUT2D eigenvalue weighted by Crippen LogP contribution is 2.04. The van der Waals surface area contributed by atoms with Crippen molar-refractivity contribution in [2.24, 2.45) is 0 Å². The van der Waals surface area contributed by atoms with Crippen LogP contribution in [0.2, 0.25) is 0 Å². The van der Waals surface area contributed by atoms with E-state index in [0.717, 1.165) is 24.1 Å². The highest BCUT2D eigenvalue weighted by Gasteiger charge is 2.11. The van der Waals surface area contributed by atoms with Crippen LogP contribution in [0.25, 0.3) is 0 Å². The van der Waals surface area contributed by atoms with Gasteiger partial charge in [-0.25, -0.2) is 0 Å². The number of hydrogen-bond acceptors (Lipinski definition) is 2. The first kappa shape index (κ1) is 9.23. The highest BCUT2D eigenvalue weighted by molar-refractivity contribution is 9.11. The monoisotopic (exact) mass is 218 g/mol. The summed E-state index contributed by atoms with van der Waals surface area (Å²) in [5.74, 6) is 0. The Morgan fingerprint density at radius 3 is 2.73 bits per heavy atom. The second-order valence-electron chi connectivity index (χ2n) is 2.92. The third-order valence-electron chi connectivity index (χ3n) is 1.92. The van der Waals surface area contributed by atoms with Crippen LogP contribution in [0.3, 0.4) is 0 Å². The van der Waals surface area contributed by atoms with Gasteiger partial charge in [0.15, 0.2) is 0 Å². The lowest BCUT2D eigenvalue weighted by Gasteiger charge is -2.23. The molecule has 1 aliphatic rings. The summed E-state index contributed by atoms with van der Waals surface area (Å²) >= 11 is 3.33. The maximum Gasteiger partial charge on any atom is 0.0268 e. The second kappa shape index (κ2) is 4.91. The minimum Gasteiger partial charge on any atom is -0.317 e. The average molecular weight is 219 g/mol. The van der Waals surface area contributed by atoms with Crippen molar-refractivity contribution in [3.05, 3.63) is 11.1 Å². The molecule has 0 aliphatic carbocycles. The first-order valence-corrected chi connectivity index (χ1v) is 4.85. The fourth-order valence-electron chi connectivity index (χ4n) is 1.28. The molecule has 1 heterocycles. The van der Waals surface area contributed by atoms with E-state index in [1.165, 1.54) is 12.8 Å². The second-order valence-corrected chi connectivity index (χ2v) is 4.04.